The Morgan fingerprint density at radius 2 is 2.21 bits per heavy atom. The van der Waals surface area contributed by atoms with E-state index in [4.69, 9.17) is 4.74 Å². The van der Waals surface area contributed by atoms with Crippen LogP contribution in [0.15, 0.2) is 18.2 Å². The average Bonchev–Trinajstić information content (AvgIpc) is 2.38. The molecule has 1 aliphatic rings. The molecule has 1 unspecified atom stereocenters. The molecule has 0 radical (unpaired) electrons. The Morgan fingerprint density at radius 1 is 1.47 bits per heavy atom. The van der Waals surface area contributed by atoms with E-state index in [-0.39, 0.29) is 11.4 Å². The predicted octanol–water partition coefficient (Wildman–Crippen LogP) is 2.88. The maximum atomic E-state index is 14.2. The minimum Gasteiger partial charge on any atom is -0.389 e. The molecule has 1 aromatic carbocycles. The maximum Gasteiger partial charge on any atom is 0.146 e. The molecule has 0 saturated carbocycles. The van der Waals surface area contributed by atoms with Crippen molar-refractivity contribution in [3.05, 3.63) is 29.6 Å². The van der Waals surface area contributed by atoms with Gasteiger partial charge in [-0.2, -0.15) is 0 Å². The number of hydrogen-bond donors (Lipinski definition) is 1. The average molecular weight is 267 g/mol. The highest BCUT2D eigenvalue weighted by molar-refractivity contribution is 5.50. The summed E-state index contributed by atoms with van der Waals surface area (Å²) < 4.78 is 19.7. The molecule has 1 heterocycles. The van der Waals surface area contributed by atoms with Gasteiger partial charge in [-0.15, -0.1) is 0 Å². The van der Waals surface area contributed by atoms with Crippen molar-refractivity contribution < 1.29 is 14.2 Å². The Labute approximate surface area is 114 Å². The molecule has 1 aromatic rings. The fourth-order valence-corrected chi connectivity index (χ4v) is 2.62. The van der Waals surface area contributed by atoms with E-state index in [9.17, 15) is 9.50 Å². The van der Waals surface area contributed by atoms with Gasteiger partial charge in [-0.1, -0.05) is 6.07 Å². The number of benzene rings is 1. The number of aliphatic hydroxyl groups is 1. The summed E-state index contributed by atoms with van der Waals surface area (Å²) in [6.45, 7) is 5.22. The molecular formula is C15H22FNO2. The molecule has 1 fully saturated rings. The van der Waals surface area contributed by atoms with Crippen LogP contribution in [-0.4, -0.2) is 30.9 Å². The van der Waals surface area contributed by atoms with Gasteiger partial charge in [0, 0.05) is 20.2 Å². The molecular weight excluding hydrogens is 245 g/mol. The SMILES string of the molecule is COC1(C)CCCN(c2ccc([C@H](C)O)cc2F)C1. The van der Waals surface area contributed by atoms with Crippen molar-refractivity contribution in [1.29, 1.82) is 0 Å². The minimum absolute atomic E-state index is 0.215. The van der Waals surface area contributed by atoms with E-state index in [2.05, 4.69) is 6.92 Å². The lowest BCUT2D eigenvalue weighted by molar-refractivity contribution is -0.00477. The molecule has 1 N–H and O–H groups in total. The fraction of sp³-hybridized carbons (Fsp3) is 0.600. The van der Waals surface area contributed by atoms with E-state index in [1.165, 1.54) is 6.07 Å². The minimum atomic E-state index is -0.644. The lowest BCUT2D eigenvalue weighted by Gasteiger charge is -2.40. The predicted molar refractivity (Wildman–Crippen MR) is 73.9 cm³/mol. The highest BCUT2D eigenvalue weighted by atomic mass is 19.1. The van der Waals surface area contributed by atoms with Crippen molar-refractivity contribution in [3.63, 3.8) is 0 Å². The zero-order valence-electron chi connectivity index (χ0n) is 11.8. The van der Waals surface area contributed by atoms with Crippen molar-refractivity contribution in [1.82, 2.24) is 0 Å². The largest absolute Gasteiger partial charge is 0.389 e. The molecule has 2 rings (SSSR count). The third kappa shape index (κ3) is 3.07. The van der Waals surface area contributed by atoms with Gasteiger partial charge in [-0.05, 0) is 44.4 Å². The molecule has 0 aromatic heterocycles. The Balaban J connectivity index is 2.22. The van der Waals surface area contributed by atoms with Gasteiger partial charge in [-0.25, -0.2) is 4.39 Å². The van der Waals surface area contributed by atoms with Crippen molar-refractivity contribution in [2.24, 2.45) is 0 Å². The van der Waals surface area contributed by atoms with Gasteiger partial charge in [0.05, 0.1) is 17.4 Å². The number of aliphatic hydroxyl groups excluding tert-OH is 1. The number of hydrogen-bond acceptors (Lipinski definition) is 3. The summed E-state index contributed by atoms with van der Waals surface area (Å²) in [6.07, 6.45) is 1.34. The summed E-state index contributed by atoms with van der Waals surface area (Å²) >= 11 is 0. The van der Waals surface area contributed by atoms with Crippen LogP contribution in [0.4, 0.5) is 10.1 Å². The number of rotatable bonds is 3. The first kappa shape index (κ1) is 14.3. The molecule has 0 amide bonds. The number of piperidine rings is 1. The van der Waals surface area contributed by atoms with Crippen LogP contribution in [-0.2, 0) is 4.74 Å². The lowest BCUT2D eigenvalue weighted by Crippen LogP contribution is -2.47. The van der Waals surface area contributed by atoms with Gasteiger partial charge in [0.2, 0.25) is 0 Å². The summed E-state index contributed by atoms with van der Waals surface area (Å²) in [5, 5.41) is 9.47. The van der Waals surface area contributed by atoms with E-state index in [1.54, 1.807) is 26.2 Å². The second-order valence-corrected chi connectivity index (χ2v) is 5.57. The van der Waals surface area contributed by atoms with Gasteiger partial charge in [0.25, 0.3) is 0 Å². The highest BCUT2D eigenvalue weighted by Crippen LogP contribution is 2.30. The summed E-state index contributed by atoms with van der Waals surface area (Å²) in [6, 6.07) is 4.94. The first-order valence-electron chi connectivity index (χ1n) is 6.73. The van der Waals surface area contributed by atoms with Gasteiger partial charge < -0.3 is 14.7 Å². The molecule has 0 bridgehead atoms. The van der Waals surface area contributed by atoms with Crippen molar-refractivity contribution in [2.75, 3.05) is 25.1 Å². The monoisotopic (exact) mass is 267 g/mol. The maximum absolute atomic E-state index is 14.2. The van der Waals surface area contributed by atoms with Crippen LogP contribution >= 0.6 is 0 Å². The topological polar surface area (TPSA) is 32.7 Å². The number of methoxy groups -OCH3 is 1. The van der Waals surface area contributed by atoms with Crippen molar-refractivity contribution in [3.8, 4) is 0 Å². The van der Waals surface area contributed by atoms with Gasteiger partial charge in [0.1, 0.15) is 5.82 Å². The van der Waals surface area contributed by atoms with Crippen LogP contribution in [0.25, 0.3) is 0 Å². The molecule has 106 valence electrons. The third-order valence-corrected chi connectivity index (χ3v) is 3.95. The van der Waals surface area contributed by atoms with Crippen molar-refractivity contribution in [2.45, 2.75) is 38.4 Å². The van der Waals surface area contributed by atoms with Gasteiger partial charge in [0.15, 0.2) is 0 Å². The molecule has 0 spiro atoms. The summed E-state index contributed by atoms with van der Waals surface area (Å²) in [5.41, 5.74) is 0.980. The summed E-state index contributed by atoms with van der Waals surface area (Å²) in [7, 11) is 1.70. The normalized spacial score (nSPS) is 25.4. The molecule has 1 aliphatic heterocycles. The van der Waals surface area contributed by atoms with Gasteiger partial charge in [-0.3, -0.25) is 0 Å². The Bertz CT molecular complexity index is 450. The second-order valence-electron chi connectivity index (χ2n) is 5.57. The number of ether oxygens (including phenoxy) is 1. The van der Waals surface area contributed by atoms with Crippen molar-refractivity contribution >= 4 is 5.69 Å². The summed E-state index contributed by atoms with van der Waals surface area (Å²) in [5.74, 6) is -0.279. The molecule has 0 aliphatic carbocycles. The van der Waals surface area contributed by atoms with Crippen LogP contribution in [0.3, 0.4) is 0 Å². The van der Waals surface area contributed by atoms with E-state index >= 15 is 0 Å². The Kier molecular flexibility index (Phi) is 4.11. The number of halogens is 1. The molecule has 4 heteroatoms. The van der Waals surface area contributed by atoms with E-state index in [0.29, 0.717) is 17.8 Å². The van der Waals surface area contributed by atoms with Crippen LogP contribution in [0.2, 0.25) is 0 Å². The smallest absolute Gasteiger partial charge is 0.146 e. The third-order valence-electron chi connectivity index (χ3n) is 3.95. The lowest BCUT2D eigenvalue weighted by atomic mass is 9.94. The first-order valence-corrected chi connectivity index (χ1v) is 6.73. The van der Waals surface area contributed by atoms with Crippen LogP contribution in [0.5, 0.6) is 0 Å². The van der Waals surface area contributed by atoms with E-state index < -0.39 is 6.10 Å². The van der Waals surface area contributed by atoms with Crippen LogP contribution < -0.4 is 4.90 Å². The zero-order valence-corrected chi connectivity index (χ0v) is 11.8. The van der Waals surface area contributed by atoms with E-state index in [1.807, 2.05) is 4.90 Å². The molecule has 1 saturated heterocycles. The number of nitrogens with zero attached hydrogens (tertiary/aromatic N) is 1. The highest BCUT2D eigenvalue weighted by Gasteiger charge is 2.31. The fourth-order valence-electron chi connectivity index (χ4n) is 2.62. The zero-order chi connectivity index (χ0) is 14.0. The molecule has 2 atom stereocenters. The molecule has 3 nitrogen and oxygen atoms in total. The van der Waals surface area contributed by atoms with Crippen LogP contribution in [0.1, 0.15) is 38.4 Å². The summed E-state index contributed by atoms with van der Waals surface area (Å²) in [4.78, 5) is 2.02. The second kappa shape index (κ2) is 5.47. The first-order chi connectivity index (χ1) is 8.95. The number of anilines is 1. The molecule has 19 heavy (non-hydrogen) atoms. The van der Waals surface area contributed by atoms with E-state index in [0.717, 1.165) is 19.4 Å². The standard InChI is InChI=1S/C15H22FNO2/c1-11(18)12-5-6-14(13(16)9-12)17-8-4-7-15(2,10-17)19-3/h5-6,9,11,18H,4,7-8,10H2,1-3H3/t11-,15?/m0/s1. The Hall–Kier alpha value is -1.13. The quantitative estimate of drug-likeness (QED) is 0.914. The Morgan fingerprint density at radius 3 is 2.79 bits per heavy atom. The van der Waals surface area contributed by atoms with Crippen LogP contribution in [0, 0.1) is 5.82 Å². The van der Waals surface area contributed by atoms with Gasteiger partial charge >= 0.3 is 0 Å².